The molecule has 3 unspecified atom stereocenters. The monoisotopic (exact) mass is 299 g/mol. The third kappa shape index (κ3) is 3.96. The molecule has 0 radical (unpaired) electrons. The zero-order valence-electron chi connectivity index (χ0n) is 12.8. The Morgan fingerprint density at radius 1 is 1.19 bits per heavy atom. The van der Waals surface area contributed by atoms with Gasteiger partial charge in [-0.15, -0.1) is 11.3 Å². The summed E-state index contributed by atoms with van der Waals surface area (Å²) in [5.41, 5.74) is 1.53. The van der Waals surface area contributed by atoms with Crippen molar-refractivity contribution in [2.45, 2.75) is 44.6 Å². The van der Waals surface area contributed by atoms with Crippen LogP contribution < -0.4 is 5.32 Å². The van der Waals surface area contributed by atoms with Crippen LogP contribution in [0.5, 0.6) is 0 Å². The van der Waals surface area contributed by atoms with Gasteiger partial charge in [-0.25, -0.2) is 0 Å². The van der Waals surface area contributed by atoms with E-state index in [1.165, 1.54) is 36.1 Å². The maximum Gasteiger partial charge on any atom is 0.0101 e. The molecule has 1 aliphatic carbocycles. The van der Waals surface area contributed by atoms with Crippen molar-refractivity contribution in [1.29, 1.82) is 0 Å². The van der Waals surface area contributed by atoms with Gasteiger partial charge in [0.05, 0.1) is 0 Å². The highest BCUT2D eigenvalue weighted by atomic mass is 32.1. The van der Waals surface area contributed by atoms with Gasteiger partial charge in [0.25, 0.3) is 0 Å². The maximum atomic E-state index is 3.73. The Morgan fingerprint density at radius 3 is 2.76 bits per heavy atom. The first-order valence-electron chi connectivity index (χ1n) is 8.19. The average molecular weight is 299 g/mol. The molecule has 0 spiro atoms. The largest absolute Gasteiger partial charge is 0.314 e. The van der Waals surface area contributed by atoms with Gasteiger partial charge in [-0.3, -0.25) is 0 Å². The Morgan fingerprint density at radius 2 is 2.05 bits per heavy atom. The fourth-order valence-corrected chi connectivity index (χ4v) is 4.17. The summed E-state index contributed by atoms with van der Waals surface area (Å²) in [5.74, 6) is 1.63. The Bertz CT molecular complexity index is 520. The van der Waals surface area contributed by atoms with Crippen molar-refractivity contribution in [2.75, 3.05) is 6.54 Å². The SMILES string of the molecule is CCNC(CCCc1cccs1)C1CC1c1ccccc1. The minimum absolute atomic E-state index is 0.695. The molecule has 21 heavy (non-hydrogen) atoms. The van der Waals surface area contributed by atoms with E-state index in [9.17, 15) is 0 Å². The molecule has 112 valence electrons. The molecule has 0 bridgehead atoms. The Kier molecular flexibility index (Phi) is 5.10. The first-order valence-corrected chi connectivity index (χ1v) is 9.07. The van der Waals surface area contributed by atoms with Gasteiger partial charge in [-0.05, 0) is 61.1 Å². The third-order valence-corrected chi connectivity index (χ3v) is 5.51. The second-order valence-electron chi connectivity index (χ2n) is 6.05. The first-order chi connectivity index (χ1) is 10.4. The number of benzene rings is 1. The molecular formula is C19H25NS. The second-order valence-corrected chi connectivity index (χ2v) is 7.08. The number of thiophene rings is 1. The van der Waals surface area contributed by atoms with E-state index < -0.39 is 0 Å². The van der Waals surface area contributed by atoms with Crippen molar-refractivity contribution in [3.05, 3.63) is 58.3 Å². The molecule has 1 saturated carbocycles. The van der Waals surface area contributed by atoms with E-state index in [1.54, 1.807) is 0 Å². The Labute approximate surface area is 132 Å². The molecule has 1 N–H and O–H groups in total. The number of rotatable bonds is 8. The number of nitrogens with one attached hydrogen (secondary N) is 1. The van der Waals surface area contributed by atoms with Crippen molar-refractivity contribution >= 4 is 11.3 Å². The molecule has 0 aliphatic heterocycles. The van der Waals surface area contributed by atoms with Gasteiger partial charge in [-0.2, -0.15) is 0 Å². The Balaban J connectivity index is 1.51. The molecule has 1 fully saturated rings. The molecule has 1 nitrogen and oxygen atoms in total. The zero-order chi connectivity index (χ0) is 14.5. The van der Waals surface area contributed by atoms with Crippen LogP contribution >= 0.6 is 11.3 Å². The Hall–Kier alpha value is -1.12. The molecule has 1 aromatic carbocycles. The number of hydrogen-bond acceptors (Lipinski definition) is 2. The van der Waals surface area contributed by atoms with E-state index in [4.69, 9.17) is 0 Å². The average Bonchev–Trinajstić information content (AvgIpc) is 3.15. The lowest BCUT2D eigenvalue weighted by atomic mass is 10.0. The standard InChI is InChI=1S/C19H25NS/c1-2-20-19(12-6-10-16-11-7-13-21-16)18-14-17(18)15-8-4-3-5-9-15/h3-5,7-9,11,13,17-20H,2,6,10,12,14H2,1H3. The number of hydrogen-bond donors (Lipinski definition) is 1. The van der Waals surface area contributed by atoms with E-state index in [-0.39, 0.29) is 0 Å². The second kappa shape index (κ2) is 7.24. The summed E-state index contributed by atoms with van der Waals surface area (Å²) >= 11 is 1.89. The lowest BCUT2D eigenvalue weighted by Gasteiger charge is -2.18. The summed E-state index contributed by atoms with van der Waals surface area (Å²) in [4.78, 5) is 1.53. The van der Waals surface area contributed by atoms with Gasteiger partial charge in [0.2, 0.25) is 0 Å². The summed E-state index contributed by atoms with van der Waals surface area (Å²) in [6.07, 6.45) is 5.21. The van der Waals surface area contributed by atoms with E-state index in [0.717, 1.165) is 18.4 Å². The van der Waals surface area contributed by atoms with Crippen LogP contribution in [0.15, 0.2) is 47.8 Å². The van der Waals surface area contributed by atoms with Crippen LogP contribution in [0, 0.1) is 5.92 Å². The quantitative estimate of drug-likeness (QED) is 0.734. The fourth-order valence-electron chi connectivity index (χ4n) is 3.42. The smallest absolute Gasteiger partial charge is 0.0101 e. The van der Waals surface area contributed by atoms with Gasteiger partial charge in [0.1, 0.15) is 0 Å². The summed E-state index contributed by atoms with van der Waals surface area (Å²) < 4.78 is 0. The highest BCUT2D eigenvalue weighted by Crippen LogP contribution is 2.50. The molecule has 1 aromatic heterocycles. The van der Waals surface area contributed by atoms with Crippen molar-refractivity contribution in [3.8, 4) is 0 Å². The topological polar surface area (TPSA) is 12.0 Å². The van der Waals surface area contributed by atoms with Crippen LogP contribution in [0.1, 0.15) is 42.5 Å². The van der Waals surface area contributed by atoms with E-state index in [0.29, 0.717) is 6.04 Å². The molecule has 2 aromatic rings. The van der Waals surface area contributed by atoms with Gasteiger partial charge in [0, 0.05) is 10.9 Å². The maximum absolute atomic E-state index is 3.73. The van der Waals surface area contributed by atoms with Gasteiger partial charge in [0.15, 0.2) is 0 Å². The van der Waals surface area contributed by atoms with E-state index in [1.807, 2.05) is 11.3 Å². The van der Waals surface area contributed by atoms with Crippen molar-refractivity contribution in [2.24, 2.45) is 5.92 Å². The minimum Gasteiger partial charge on any atom is -0.314 e. The normalized spacial score (nSPS) is 22.1. The lowest BCUT2D eigenvalue weighted by Crippen LogP contribution is -2.31. The summed E-state index contributed by atoms with van der Waals surface area (Å²) in [7, 11) is 0. The molecule has 1 heterocycles. The predicted octanol–water partition coefficient (Wildman–Crippen LogP) is 4.85. The van der Waals surface area contributed by atoms with Crippen LogP contribution in [-0.2, 0) is 6.42 Å². The minimum atomic E-state index is 0.695. The lowest BCUT2D eigenvalue weighted by molar-refractivity contribution is 0.428. The van der Waals surface area contributed by atoms with Crippen LogP contribution in [0.4, 0.5) is 0 Å². The fraction of sp³-hybridized carbons (Fsp3) is 0.474. The van der Waals surface area contributed by atoms with E-state index >= 15 is 0 Å². The molecule has 1 aliphatic rings. The highest BCUT2D eigenvalue weighted by Gasteiger charge is 2.42. The van der Waals surface area contributed by atoms with Crippen LogP contribution in [0.2, 0.25) is 0 Å². The summed E-state index contributed by atoms with van der Waals surface area (Å²) in [6.45, 7) is 3.31. The summed E-state index contributed by atoms with van der Waals surface area (Å²) in [5, 5.41) is 5.91. The van der Waals surface area contributed by atoms with Gasteiger partial charge < -0.3 is 5.32 Å². The van der Waals surface area contributed by atoms with Crippen molar-refractivity contribution in [1.82, 2.24) is 5.32 Å². The molecule has 2 heteroatoms. The highest BCUT2D eigenvalue weighted by molar-refractivity contribution is 7.09. The van der Waals surface area contributed by atoms with Crippen LogP contribution in [0.25, 0.3) is 0 Å². The van der Waals surface area contributed by atoms with E-state index in [2.05, 4.69) is 60.1 Å². The molecule has 3 atom stereocenters. The summed E-state index contributed by atoms with van der Waals surface area (Å²) in [6, 6.07) is 16.2. The molecule has 0 amide bonds. The molecule has 0 saturated heterocycles. The predicted molar refractivity (Wildman–Crippen MR) is 92.0 cm³/mol. The van der Waals surface area contributed by atoms with Crippen LogP contribution in [-0.4, -0.2) is 12.6 Å². The van der Waals surface area contributed by atoms with Crippen molar-refractivity contribution in [3.63, 3.8) is 0 Å². The number of aryl methyl sites for hydroxylation is 1. The first kappa shape index (κ1) is 14.8. The third-order valence-electron chi connectivity index (χ3n) is 4.57. The van der Waals surface area contributed by atoms with Gasteiger partial charge in [-0.1, -0.05) is 43.3 Å². The van der Waals surface area contributed by atoms with Gasteiger partial charge >= 0.3 is 0 Å². The molecule has 3 rings (SSSR count). The zero-order valence-corrected chi connectivity index (χ0v) is 13.6. The van der Waals surface area contributed by atoms with Crippen LogP contribution in [0.3, 0.4) is 0 Å². The van der Waals surface area contributed by atoms with Crippen molar-refractivity contribution < 1.29 is 0 Å². The molecular weight excluding hydrogens is 274 g/mol.